The number of fused-ring (bicyclic) bond motifs is 1. The average molecular weight is 540 g/mol. The Balaban J connectivity index is 1.33. The van der Waals surface area contributed by atoms with Crippen molar-refractivity contribution in [3.05, 3.63) is 130 Å². The number of aromatic nitrogens is 1. The number of halogens is 2. The summed E-state index contributed by atoms with van der Waals surface area (Å²) in [6.07, 6.45) is 0.657. The molecule has 7 heteroatoms. The molecule has 1 amide bonds. The van der Waals surface area contributed by atoms with Crippen LogP contribution in [0, 0.1) is 5.92 Å². The number of rotatable bonds is 6. The molecule has 0 spiro atoms. The molecule has 4 aromatic carbocycles. The lowest BCUT2D eigenvalue weighted by molar-refractivity contribution is -0.119. The van der Waals surface area contributed by atoms with Crippen LogP contribution < -0.4 is 0 Å². The molecule has 0 unspecified atom stereocenters. The minimum Gasteiger partial charge on any atom is -0.493 e. The first kappa shape index (κ1) is 24.4. The van der Waals surface area contributed by atoms with Crippen LogP contribution in [-0.2, 0) is 16.8 Å². The summed E-state index contributed by atoms with van der Waals surface area (Å²) in [6.45, 7) is 0.348. The van der Waals surface area contributed by atoms with Crippen molar-refractivity contribution < 1.29 is 9.90 Å². The van der Waals surface area contributed by atoms with Crippen LogP contribution >= 0.6 is 23.2 Å². The summed E-state index contributed by atoms with van der Waals surface area (Å²) in [6, 6.07) is 33.0. The highest BCUT2D eigenvalue weighted by Crippen LogP contribution is 2.59. The lowest BCUT2D eigenvalue weighted by Gasteiger charge is -2.17. The van der Waals surface area contributed by atoms with Crippen molar-refractivity contribution in [1.29, 1.82) is 0 Å². The van der Waals surface area contributed by atoms with E-state index in [0.717, 1.165) is 22.2 Å². The summed E-state index contributed by atoms with van der Waals surface area (Å²) in [5, 5.41) is 21.2. The highest BCUT2D eigenvalue weighted by atomic mass is 35.5. The summed E-state index contributed by atoms with van der Waals surface area (Å²) in [4.78, 5) is 13.4. The standard InChI is InChI=1S/C31H23Cl2N3O2/c32-25-16-15-20(17-26(25)33)19-36-27-14-8-7-13-23(27)28(30(36)38)34-35-29(37)24-18-31(24,21-9-3-1-4-10-21)22-11-5-2-6-12-22/h1-17,24,38H,18-19H2/t24-/m1/s1. The summed E-state index contributed by atoms with van der Waals surface area (Å²) in [5.74, 6) is -0.705. The Morgan fingerprint density at radius 2 is 1.50 bits per heavy atom. The van der Waals surface area contributed by atoms with E-state index in [0.29, 0.717) is 28.4 Å². The van der Waals surface area contributed by atoms with Crippen molar-refractivity contribution in [2.24, 2.45) is 16.1 Å². The van der Waals surface area contributed by atoms with E-state index in [1.165, 1.54) is 0 Å². The van der Waals surface area contributed by atoms with Crippen molar-refractivity contribution in [3.8, 4) is 5.88 Å². The Hall–Kier alpha value is -3.93. The molecular weight excluding hydrogens is 517 g/mol. The van der Waals surface area contributed by atoms with E-state index in [1.807, 2.05) is 66.7 Å². The number of carbonyl (C=O) groups excluding carboxylic acids is 1. The van der Waals surface area contributed by atoms with E-state index in [1.54, 1.807) is 16.7 Å². The molecule has 1 aliphatic rings. The van der Waals surface area contributed by atoms with Crippen LogP contribution in [0.4, 0.5) is 5.69 Å². The summed E-state index contributed by atoms with van der Waals surface area (Å²) < 4.78 is 1.73. The third-order valence-electron chi connectivity index (χ3n) is 7.33. The van der Waals surface area contributed by atoms with E-state index in [9.17, 15) is 9.90 Å². The lowest BCUT2D eigenvalue weighted by Crippen LogP contribution is -2.16. The first-order chi connectivity index (χ1) is 18.5. The highest BCUT2D eigenvalue weighted by molar-refractivity contribution is 6.42. The molecular formula is C31H23Cl2N3O2. The Kier molecular flexibility index (Phi) is 6.26. The van der Waals surface area contributed by atoms with Gasteiger partial charge in [-0.05, 0) is 41.3 Å². The molecule has 6 rings (SSSR count). The van der Waals surface area contributed by atoms with Gasteiger partial charge in [0.2, 0.25) is 5.88 Å². The van der Waals surface area contributed by atoms with Gasteiger partial charge in [0, 0.05) is 10.8 Å². The second-order valence-electron chi connectivity index (χ2n) is 9.52. The normalized spacial score (nSPS) is 16.2. The summed E-state index contributed by atoms with van der Waals surface area (Å²) in [5.41, 5.74) is 3.64. The predicted molar refractivity (Wildman–Crippen MR) is 150 cm³/mol. The molecule has 1 saturated carbocycles. The van der Waals surface area contributed by atoms with E-state index < -0.39 is 5.41 Å². The predicted octanol–water partition coefficient (Wildman–Crippen LogP) is 8.32. The number of hydrogen-bond acceptors (Lipinski definition) is 3. The minimum absolute atomic E-state index is 0.0676. The van der Waals surface area contributed by atoms with Gasteiger partial charge < -0.3 is 9.67 Å². The lowest BCUT2D eigenvalue weighted by atomic mass is 9.85. The molecule has 0 bridgehead atoms. The maximum absolute atomic E-state index is 13.4. The molecule has 1 atom stereocenters. The average Bonchev–Trinajstić information content (AvgIpc) is 3.66. The van der Waals surface area contributed by atoms with E-state index in [-0.39, 0.29) is 23.4 Å². The van der Waals surface area contributed by atoms with Gasteiger partial charge >= 0.3 is 0 Å². The van der Waals surface area contributed by atoms with Gasteiger partial charge in [0.15, 0.2) is 5.69 Å². The monoisotopic (exact) mass is 539 g/mol. The second-order valence-corrected chi connectivity index (χ2v) is 10.3. The molecule has 5 nitrogen and oxygen atoms in total. The first-order valence-electron chi connectivity index (χ1n) is 12.3. The Bertz CT molecular complexity index is 1640. The number of aromatic hydroxyl groups is 1. The van der Waals surface area contributed by atoms with Crippen LogP contribution in [0.5, 0.6) is 5.88 Å². The van der Waals surface area contributed by atoms with Crippen molar-refractivity contribution in [2.45, 2.75) is 18.4 Å². The first-order valence-corrected chi connectivity index (χ1v) is 13.1. The van der Waals surface area contributed by atoms with Gasteiger partial charge in [-0.3, -0.25) is 4.79 Å². The minimum atomic E-state index is -0.428. The maximum atomic E-state index is 13.4. The topological polar surface area (TPSA) is 66.9 Å². The number of azo groups is 1. The number of para-hydroxylation sites is 1. The van der Waals surface area contributed by atoms with Crippen molar-refractivity contribution in [1.82, 2.24) is 4.57 Å². The van der Waals surface area contributed by atoms with Gasteiger partial charge in [-0.2, -0.15) is 0 Å². The fourth-order valence-corrected chi connectivity index (χ4v) is 5.68. The smallest absolute Gasteiger partial charge is 0.269 e. The zero-order chi connectivity index (χ0) is 26.3. The van der Waals surface area contributed by atoms with Gasteiger partial charge in [-0.25, -0.2) is 0 Å². The molecule has 1 fully saturated rings. The SMILES string of the molecule is O=C(N=Nc1c(O)n(Cc2ccc(Cl)c(Cl)c2)c2ccccc12)[C@H]1CC1(c1ccccc1)c1ccccc1. The van der Waals surface area contributed by atoms with E-state index in [2.05, 4.69) is 34.5 Å². The highest BCUT2D eigenvalue weighted by Gasteiger charge is 2.60. The molecule has 1 N–H and O–H groups in total. The number of benzene rings is 4. The Morgan fingerprint density at radius 3 is 2.16 bits per heavy atom. The third kappa shape index (κ3) is 4.18. The fourth-order valence-electron chi connectivity index (χ4n) is 5.36. The van der Waals surface area contributed by atoms with Gasteiger partial charge in [-0.1, -0.05) is 108 Å². The number of amides is 1. The molecule has 188 valence electrons. The number of hydrogen-bond donors (Lipinski definition) is 1. The molecule has 0 radical (unpaired) electrons. The van der Waals surface area contributed by atoms with Crippen molar-refractivity contribution in [3.63, 3.8) is 0 Å². The largest absolute Gasteiger partial charge is 0.493 e. The molecule has 1 heterocycles. The number of carbonyl (C=O) groups is 1. The van der Waals surface area contributed by atoms with Crippen LogP contribution in [0.15, 0.2) is 113 Å². The van der Waals surface area contributed by atoms with Gasteiger partial charge in [0.05, 0.1) is 28.0 Å². The van der Waals surface area contributed by atoms with Crippen LogP contribution in [0.25, 0.3) is 10.9 Å². The molecule has 1 aliphatic carbocycles. The second kappa shape index (κ2) is 9.75. The molecule has 38 heavy (non-hydrogen) atoms. The zero-order valence-electron chi connectivity index (χ0n) is 20.3. The maximum Gasteiger partial charge on any atom is 0.269 e. The van der Waals surface area contributed by atoms with Crippen LogP contribution in [-0.4, -0.2) is 15.6 Å². The molecule has 0 saturated heterocycles. The summed E-state index contributed by atoms with van der Waals surface area (Å²) in [7, 11) is 0. The quantitative estimate of drug-likeness (QED) is 0.220. The van der Waals surface area contributed by atoms with Gasteiger partial charge in [-0.15, -0.1) is 10.2 Å². The summed E-state index contributed by atoms with van der Waals surface area (Å²) >= 11 is 12.3. The molecule has 1 aromatic heterocycles. The van der Waals surface area contributed by atoms with Gasteiger partial charge in [0.25, 0.3) is 5.91 Å². The number of nitrogens with zero attached hydrogens (tertiary/aromatic N) is 3. The van der Waals surface area contributed by atoms with Crippen molar-refractivity contribution >= 4 is 45.7 Å². The molecule has 0 aliphatic heterocycles. The molecule has 5 aromatic rings. The fraction of sp³-hybridized carbons (Fsp3) is 0.129. The van der Waals surface area contributed by atoms with Crippen LogP contribution in [0.2, 0.25) is 10.0 Å². The third-order valence-corrected chi connectivity index (χ3v) is 8.07. The van der Waals surface area contributed by atoms with Crippen LogP contribution in [0.3, 0.4) is 0 Å². The van der Waals surface area contributed by atoms with E-state index >= 15 is 0 Å². The zero-order valence-corrected chi connectivity index (χ0v) is 21.8. The Labute approximate surface area is 230 Å². The Morgan fingerprint density at radius 1 is 0.868 bits per heavy atom. The van der Waals surface area contributed by atoms with Crippen LogP contribution in [0.1, 0.15) is 23.1 Å². The van der Waals surface area contributed by atoms with Crippen molar-refractivity contribution in [2.75, 3.05) is 0 Å². The van der Waals surface area contributed by atoms with E-state index in [4.69, 9.17) is 23.2 Å². The van der Waals surface area contributed by atoms with Gasteiger partial charge in [0.1, 0.15) is 0 Å².